The van der Waals surface area contributed by atoms with Crippen LogP contribution in [0.3, 0.4) is 0 Å². The Morgan fingerprint density at radius 3 is 2.83 bits per heavy atom. The normalized spacial score (nSPS) is 11.6. The second kappa shape index (κ2) is 6.01. The molecule has 98 valence electrons. The minimum atomic E-state index is 0.723. The van der Waals surface area contributed by atoms with Gasteiger partial charge in [-0.05, 0) is 44.5 Å². The summed E-state index contributed by atoms with van der Waals surface area (Å²) in [4.78, 5) is 4.58. The molecule has 3 heteroatoms. The molecular weight excluding hydrogens is 222 g/mol. The Labute approximate surface area is 109 Å². The van der Waals surface area contributed by atoms with Crippen molar-refractivity contribution in [3.63, 3.8) is 0 Å². The zero-order valence-corrected chi connectivity index (χ0v) is 11.6. The first-order valence-corrected chi connectivity index (χ1v) is 6.81. The third kappa shape index (κ3) is 3.10. The molecule has 0 unspecified atom stereocenters. The van der Waals surface area contributed by atoms with Crippen LogP contribution in [0.4, 0.5) is 0 Å². The first-order valence-electron chi connectivity index (χ1n) is 6.81. The van der Waals surface area contributed by atoms with Crippen molar-refractivity contribution in [1.29, 1.82) is 0 Å². The van der Waals surface area contributed by atoms with E-state index < -0.39 is 0 Å². The van der Waals surface area contributed by atoms with Gasteiger partial charge in [-0.2, -0.15) is 0 Å². The molecule has 0 spiro atoms. The molecule has 2 rings (SSSR count). The summed E-state index contributed by atoms with van der Waals surface area (Å²) in [7, 11) is 0. The van der Waals surface area contributed by atoms with Crippen molar-refractivity contribution < 1.29 is 0 Å². The van der Waals surface area contributed by atoms with Gasteiger partial charge in [0.2, 0.25) is 0 Å². The van der Waals surface area contributed by atoms with Gasteiger partial charge in [0.25, 0.3) is 0 Å². The first-order chi connectivity index (χ1) is 8.68. The maximum atomic E-state index is 4.58. The van der Waals surface area contributed by atoms with Crippen molar-refractivity contribution in [3.8, 4) is 0 Å². The van der Waals surface area contributed by atoms with Crippen LogP contribution < -0.4 is 5.32 Å². The van der Waals surface area contributed by atoms with Crippen LogP contribution in [-0.4, -0.2) is 22.6 Å². The standard InChI is InChI=1S/C15H23N3/c1-12(2)11-16-9-6-10-18-13(3)17-14-7-4-5-8-15(14)18/h4-5,7-8,12,16H,6,9-11H2,1-3H3. The van der Waals surface area contributed by atoms with Crippen molar-refractivity contribution in [2.75, 3.05) is 13.1 Å². The number of nitrogens with one attached hydrogen (secondary N) is 1. The smallest absolute Gasteiger partial charge is 0.106 e. The van der Waals surface area contributed by atoms with E-state index in [9.17, 15) is 0 Å². The number of rotatable bonds is 6. The van der Waals surface area contributed by atoms with Crippen LogP contribution in [0.15, 0.2) is 24.3 Å². The van der Waals surface area contributed by atoms with Crippen LogP contribution in [0.1, 0.15) is 26.1 Å². The summed E-state index contributed by atoms with van der Waals surface area (Å²) in [5, 5.41) is 3.48. The maximum Gasteiger partial charge on any atom is 0.106 e. The number of aromatic nitrogens is 2. The minimum Gasteiger partial charge on any atom is -0.328 e. The van der Waals surface area contributed by atoms with E-state index in [-0.39, 0.29) is 0 Å². The highest BCUT2D eigenvalue weighted by Crippen LogP contribution is 2.15. The largest absolute Gasteiger partial charge is 0.328 e. The second-order valence-electron chi connectivity index (χ2n) is 5.25. The van der Waals surface area contributed by atoms with Crippen LogP contribution in [0.25, 0.3) is 11.0 Å². The highest BCUT2D eigenvalue weighted by Gasteiger charge is 2.05. The van der Waals surface area contributed by atoms with E-state index in [1.54, 1.807) is 0 Å². The van der Waals surface area contributed by atoms with Gasteiger partial charge in [-0.25, -0.2) is 4.98 Å². The van der Waals surface area contributed by atoms with Gasteiger partial charge in [0.05, 0.1) is 11.0 Å². The van der Waals surface area contributed by atoms with Crippen molar-refractivity contribution >= 4 is 11.0 Å². The van der Waals surface area contributed by atoms with Crippen molar-refractivity contribution in [1.82, 2.24) is 14.9 Å². The van der Waals surface area contributed by atoms with Gasteiger partial charge in [0, 0.05) is 6.54 Å². The van der Waals surface area contributed by atoms with Gasteiger partial charge < -0.3 is 9.88 Å². The highest BCUT2D eigenvalue weighted by atomic mass is 15.1. The molecule has 0 bridgehead atoms. The zero-order valence-electron chi connectivity index (χ0n) is 11.6. The average Bonchev–Trinajstić information content (AvgIpc) is 2.65. The monoisotopic (exact) mass is 245 g/mol. The molecular formula is C15H23N3. The average molecular weight is 245 g/mol. The lowest BCUT2D eigenvalue weighted by Crippen LogP contribution is -2.21. The third-order valence-corrected chi connectivity index (χ3v) is 3.13. The fourth-order valence-electron chi connectivity index (χ4n) is 2.23. The first kappa shape index (κ1) is 13.1. The molecule has 0 aliphatic carbocycles. The molecule has 0 radical (unpaired) electrons. The lowest BCUT2D eigenvalue weighted by atomic mass is 10.2. The highest BCUT2D eigenvalue weighted by molar-refractivity contribution is 5.75. The predicted molar refractivity (Wildman–Crippen MR) is 76.8 cm³/mol. The number of imidazole rings is 1. The van der Waals surface area contributed by atoms with Gasteiger partial charge in [-0.15, -0.1) is 0 Å². The number of para-hydroxylation sites is 2. The number of fused-ring (bicyclic) bond motifs is 1. The van der Waals surface area contributed by atoms with E-state index >= 15 is 0 Å². The van der Waals surface area contributed by atoms with Crippen LogP contribution in [0.2, 0.25) is 0 Å². The Balaban J connectivity index is 1.93. The van der Waals surface area contributed by atoms with E-state index in [2.05, 4.69) is 53.8 Å². The van der Waals surface area contributed by atoms with Crippen molar-refractivity contribution in [2.24, 2.45) is 5.92 Å². The molecule has 0 atom stereocenters. The van der Waals surface area contributed by atoms with Crippen LogP contribution in [-0.2, 0) is 6.54 Å². The SMILES string of the molecule is Cc1nc2ccccc2n1CCCNCC(C)C. The van der Waals surface area contributed by atoms with Gasteiger partial charge in [-0.1, -0.05) is 26.0 Å². The molecule has 3 nitrogen and oxygen atoms in total. The summed E-state index contributed by atoms with van der Waals surface area (Å²) in [6.07, 6.45) is 1.15. The molecule has 0 fully saturated rings. The molecule has 0 aliphatic heterocycles. The summed E-state index contributed by atoms with van der Waals surface area (Å²) in [5.74, 6) is 1.83. The van der Waals surface area contributed by atoms with Crippen LogP contribution >= 0.6 is 0 Å². The van der Waals surface area contributed by atoms with Crippen molar-refractivity contribution in [2.45, 2.75) is 33.7 Å². The number of benzene rings is 1. The summed E-state index contributed by atoms with van der Waals surface area (Å²) in [5.41, 5.74) is 2.35. The van der Waals surface area contributed by atoms with E-state index in [4.69, 9.17) is 0 Å². The van der Waals surface area contributed by atoms with E-state index in [0.29, 0.717) is 0 Å². The number of hydrogen-bond acceptors (Lipinski definition) is 2. The molecule has 1 aromatic carbocycles. The zero-order chi connectivity index (χ0) is 13.0. The lowest BCUT2D eigenvalue weighted by Gasteiger charge is -2.09. The maximum absolute atomic E-state index is 4.58. The van der Waals surface area contributed by atoms with Gasteiger partial charge in [-0.3, -0.25) is 0 Å². The molecule has 0 saturated carbocycles. The number of hydrogen-bond donors (Lipinski definition) is 1. The number of aryl methyl sites for hydroxylation is 2. The molecule has 18 heavy (non-hydrogen) atoms. The Kier molecular flexibility index (Phi) is 4.37. The second-order valence-corrected chi connectivity index (χ2v) is 5.25. The molecule has 0 aliphatic rings. The summed E-state index contributed by atoms with van der Waals surface area (Å²) in [6.45, 7) is 9.77. The topological polar surface area (TPSA) is 29.9 Å². The van der Waals surface area contributed by atoms with Gasteiger partial charge in [0.15, 0.2) is 0 Å². The predicted octanol–water partition coefficient (Wildman–Crippen LogP) is 2.98. The quantitative estimate of drug-likeness (QED) is 0.793. The van der Waals surface area contributed by atoms with Gasteiger partial charge in [0.1, 0.15) is 5.82 Å². The minimum absolute atomic E-state index is 0.723. The van der Waals surface area contributed by atoms with Gasteiger partial charge >= 0.3 is 0 Å². The molecule has 1 aromatic heterocycles. The molecule has 2 aromatic rings. The molecule has 0 saturated heterocycles. The molecule has 1 N–H and O–H groups in total. The fourth-order valence-corrected chi connectivity index (χ4v) is 2.23. The van der Waals surface area contributed by atoms with Crippen LogP contribution in [0, 0.1) is 12.8 Å². The van der Waals surface area contributed by atoms with E-state index in [1.165, 1.54) is 5.52 Å². The summed E-state index contributed by atoms with van der Waals surface area (Å²) >= 11 is 0. The Hall–Kier alpha value is -1.35. The Morgan fingerprint density at radius 1 is 1.28 bits per heavy atom. The molecule has 1 heterocycles. The van der Waals surface area contributed by atoms with Crippen LogP contribution in [0.5, 0.6) is 0 Å². The Morgan fingerprint density at radius 2 is 2.06 bits per heavy atom. The van der Waals surface area contributed by atoms with Crippen molar-refractivity contribution in [3.05, 3.63) is 30.1 Å². The summed E-state index contributed by atoms with van der Waals surface area (Å²) < 4.78 is 2.31. The van der Waals surface area contributed by atoms with E-state index in [0.717, 1.165) is 43.3 Å². The molecule has 0 amide bonds. The third-order valence-electron chi connectivity index (χ3n) is 3.13. The summed E-state index contributed by atoms with van der Waals surface area (Å²) in [6, 6.07) is 8.35. The van der Waals surface area contributed by atoms with E-state index in [1.807, 2.05) is 6.07 Å². The Bertz CT molecular complexity index is 499. The lowest BCUT2D eigenvalue weighted by molar-refractivity contribution is 0.522. The number of nitrogens with zero attached hydrogens (tertiary/aromatic N) is 2. The fraction of sp³-hybridized carbons (Fsp3) is 0.533.